The Hall–Kier alpha value is -0.860. The number of aliphatic hydroxyl groups is 1. The van der Waals surface area contributed by atoms with Gasteiger partial charge in [0.05, 0.1) is 6.10 Å². The van der Waals surface area contributed by atoms with Gasteiger partial charge in [-0.2, -0.15) is 0 Å². The van der Waals surface area contributed by atoms with E-state index in [1.54, 1.807) is 0 Å². The second kappa shape index (κ2) is 7.42. The van der Waals surface area contributed by atoms with Gasteiger partial charge in [-0.15, -0.1) is 0 Å². The monoisotopic (exact) mass is 289 g/mol. The maximum atomic E-state index is 10.5. The predicted molar refractivity (Wildman–Crippen MR) is 89.3 cm³/mol. The van der Waals surface area contributed by atoms with Gasteiger partial charge in [0.25, 0.3) is 0 Å². The molecule has 1 heterocycles. The lowest BCUT2D eigenvalue weighted by molar-refractivity contribution is 0.0705. The highest BCUT2D eigenvalue weighted by Gasteiger charge is 2.24. The van der Waals surface area contributed by atoms with Crippen LogP contribution in [0.5, 0.6) is 0 Å². The summed E-state index contributed by atoms with van der Waals surface area (Å²) in [6, 6.07) is 8.52. The largest absolute Gasteiger partial charge is 0.387 e. The molecule has 1 aromatic rings. The molecule has 1 saturated heterocycles. The summed E-state index contributed by atoms with van der Waals surface area (Å²) in [5.41, 5.74) is 2.41. The lowest BCUT2D eigenvalue weighted by Gasteiger charge is -2.36. The minimum atomic E-state index is -0.362. The van der Waals surface area contributed by atoms with E-state index in [9.17, 15) is 5.11 Å². The molecule has 21 heavy (non-hydrogen) atoms. The molecular formula is C19H31NO. The molecule has 118 valence electrons. The lowest BCUT2D eigenvalue weighted by atomic mass is 9.88. The highest BCUT2D eigenvalue weighted by molar-refractivity contribution is 5.24. The van der Waals surface area contributed by atoms with E-state index in [4.69, 9.17) is 0 Å². The predicted octanol–water partition coefficient (Wildman–Crippen LogP) is 3.90. The molecule has 1 fully saturated rings. The van der Waals surface area contributed by atoms with E-state index in [2.05, 4.69) is 56.9 Å². The van der Waals surface area contributed by atoms with Crippen molar-refractivity contribution < 1.29 is 5.11 Å². The molecule has 0 aliphatic carbocycles. The molecule has 0 radical (unpaired) electrons. The molecule has 1 aliphatic rings. The third-order valence-corrected chi connectivity index (χ3v) is 4.86. The Morgan fingerprint density at radius 3 is 2.38 bits per heavy atom. The highest BCUT2D eigenvalue weighted by atomic mass is 16.3. The van der Waals surface area contributed by atoms with Crippen molar-refractivity contribution in [2.45, 2.75) is 46.6 Å². The summed E-state index contributed by atoms with van der Waals surface area (Å²) in [4.78, 5) is 2.41. The number of likely N-dealkylation sites (tertiary alicyclic amines) is 1. The Morgan fingerprint density at radius 2 is 1.81 bits per heavy atom. The molecule has 2 rings (SSSR count). The minimum Gasteiger partial charge on any atom is -0.387 e. The van der Waals surface area contributed by atoms with Crippen LogP contribution in [-0.4, -0.2) is 29.6 Å². The Balaban J connectivity index is 1.89. The van der Waals surface area contributed by atoms with Crippen molar-refractivity contribution in [3.8, 4) is 0 Å². The molecule has 1 aliphatic heterocycles. The van der Waals surface area contributed by atoms with Crippen molar-refractivity contribution in [2.75, 3.05) is 19.6 Å². The first-order valence-corrected chi connectivity index (χ1v) is 8.45. The second-order valence-corrected chi connectivity index (χ2v) is 7.36. The second-order valence-electron chi connectivity index (χ2n) is 7.36. The molecule has 1 aromatic carbocycles. The van der Waals surface area contributed by atoms with Crippen LogP contribution in [0.1, 0.15) is 51.3 Å². The van der Waals surface area contributed by atoms with Crippen LogP contribution in [0, 0.1) is 17.8 Å². The van der Waals surface area contributed by atoms with E-state index >= 15 is 0 Å². The van der Waals surface area contributed by atoms with Crippen LogP contribution < -0.4 is 0 Å². The van der Waals surface area contributed by atoms with Gasteiger partial charge in [0.1, 0.15) is 0 Å². The number of piperidine rings is 1. The van der Waals surface area contributed by atoms with Gasteiger partial charge in [-0.3, -0.25) is 0 Å². The zero-order valence-corrected chi connectivity index (χ0v) is 14.0. The van der Waals surface area contributed by atoms with E-state index in [0.29, 0.717) is 5.92 Å². The number of β-amino-alcohol motifs (C(OH)–C–C–N with tert-alkyl or cyclic N) is 1. The number of hydrogen-bond donors (Lipinski definition) is 1. The van der Waals surface area contributed by atoms with Crippen molar-refractivity contribution in [3.63, 3.8) is 0 Å². The molecule has 1 N–H and O–H groups in total. The van der Waals surface area contributed by atoms with Crippen LogP contribution in [0.25, 0.3) is 0 Å². The fourth-order valence-electron chi connectivity index (χ4n) is 3.21. The van der Waals surface area contributed by atoms with E-state index in [0.717, 1.165) is 43.5 Å². The summed E-state index contributed by atoms with van der Waals surface area (Å²) in [7, 11) is 0. The van der Waals surface area contributed by atoms with Gasteiger partial charge in [-0.25, -0.2) is 0 Å². The Labute approximate surface area is 130 Å². The van der Waals surface area contributed by atoms with Crippen LogP contribution in [0.15, 0.2) is 24.3 Å². The molecule has 0 spiro atoms. The average molecular weight is 289 g/mol. The SMILES string of the molecule is CC(C)Cc1ccc(C(O)CN2CCC(C)C(C)C2)cc1. The number of hydrogen-bond acceptors (Lipinski definition) is 2. The summed E-state index contributed by atoms with van der Waals surface area (Å²) in [6.07, 6.45) is 2.00. The zero-order valence-electron chi connectivity index (χ0n) is 14.0. The Bertz CT molecular complexity index is 426. The van der Waals surface area contributed by atoms with E-state index < -0.39 is 0 Å². The molecule has 0 amide bonds. The number of aliphatic hydroxyl groups excluding tert-OH is 1. The van der Waals surface area contributed by atoms with Crippen LogP contribution in [0.2, 0.25) is 0 Å². The van der Waals surface area contributed by atoms with Gasteiger partial charge in [-0.1, -0.05) is 52.0 Å². The number of nitrogens with zero attached hydrogens (tertiary/aromatic N) is 1. The Morgan fingerprint density at radius 1 is 1.14 bits per heavy atom. The van der Waals surface area contributed by atoms with Crippen molar-refractivity contribution in [1.82, 2.24) is 4.90 Å². The molecule has 2 heteroatoms. The first-order chi connectivity index (χ1) is 9.95. The molecule has 2 nitrogen and oxygen atoms in total. The lowest BCUT2D eigenvalue weighted by Crippen LogP contribution is -2.40. The summed E-state index contributed by atoms with van der Waals surface area (Å²) in [5.74, 6) is 2.23. The third-order valence-electron chi connectivity index (χ3n) is 4.86. The number of rotatable bonds is 5. The summed E-state index contributed by atoms with van der Waals surface area (Å²) in [5, 5.41) is 10.5. The minimum absolute atomic E-state index is 0.362. The number of benzene rings is 1. The van der Waals surface area contributed by atoms with Crippen LogP contribution in [0.4, 0.5) is 0 Å². The smallest absolute Gasteiger partial charge is 0.0916 e. The molecular weight excluding hydrogens is 258 g/mol. The summed E-state index contributed by atoms with van der Waals surface area (Å²) in [6.45, 7) is 12.1. The van der Waals surface area contributed by atoms with Gasteiger partial charge in [0.15, 0.2) is 0 Å². The van der Waals surface area contributed by atoms with Crippen LogP contribution in [0.3, 0.4) is 0 Å². The van der Waals surface area contributed by atoms with E-state index in [1.165, 1.54) is 12.0 Å². The molecule has 3 unspecified atom stereocenters. The maximum absolute atomic E-state index is 10.5. The fourth-order valence-corrected chi connectivity index (χ4v) is 3.21. The van der Waals surface area contributed by atoms with Gasteiger partial charge < -0.3 is 10.0 Å². The third kappa shape index (κ3) is 4.82. The summed E-state index contributed by atoms with van der Waals surface area (Å²) >= 11 is 0. The molecule has 0 bridgehead atoms. The van der Waals surface area contributed by atoms with Gasteiger partial charge in [0, 0.05) is 13.1 Å². The van der Waals surface area contributed by atoms with Gasteiger partial charge in [-0.05, 0) is 48.3 Å². The maximum Gasteiger partial charge on any atom is 0.0916 e. The highest BCUT2D eigenvalue weighted by Crippen LogP contribution is 2.24. The van der Waals surface area contributed by atoms with Gasteiger partial charge in [0.2, 0.25) is 0 Å². The molecule has 0 aromatic heterocycles. The quantitative estimate of drug-likeness (QED) is 0.888. The average Bonchev–Trinajstić information content (AvgIpc) is 2.43. The zero-order chi connectivity index (χ0) is 15.4. The molecule has 3 atom stereocenters. The Kier molecular flexibility index (Phi) is 5.83. The molecule has 0 saturated carbocycles. The van der Waals surface area contributed by atoms with Gasteiger partial charge >= 0.3 is 0 Å². The van der Waals surface area contributed by atoms with Crippen molar-refractivity contribution in [3.05, 3.63) is 35.4 Å². The van der Waals surface area contributed by atoms with Crippen LogP contribution in [-0.2, 0) is 6.42 Å². The van der Waals surface area contributed by atoms with Crippen LogP contribution >= 0.6 is 0 Å². The van der Waals surface area contributed by atoms with Crippen molar-refractivity contribution in [2.24, 2.45) is 17.8 Å². The summed E-state index contributed by atoms with van der Waals surface area (Å²) < 4.78 is 0. The first kappa shape index (κ1) is 16.5. The van der Waals surface area contributed by atoms with E-state index in [-0.39, 0.29) is 6.10 Å². The standard InChI is InChI=1S/C19H31NO/c1-14(2)11-17-5-7-18(8-6-17)19(21)13-20-10-9-15(3)16(4)12-20/h5-8,14-16,19,21H,9-13H2,1-4H3. The van der Waals surface area contributed by atoms with E-state index in [1.807, 2.05) is 0 Å². The van der Waals surface area contributed by atoms with Crippen molar-refractivity contribution >= 4 is 0 Å². The fraction of sp³-hybridized carbons (Fsp3) is 0.684. The normalized spacial score (nSPS) is 25.2. The first-order valence-electron chi connectivity index (χ1n) is 8.45. The van der Waals surface area contributed by atoms with Crippen molar-refractivity contribution in [1.29, 1.82) is 0 Å². The topological polar surface area (TPSA) is 23.5 Å².